The standard InChI is InChI=1S/C17H21NO3S/c1-21-13-2-3-14-12(10-13)11-17(16(14)20)5-7-18(8-6-17)15(19)4-9-22/h2-3,10,22H,4-9,11H2,1H3. The lowest BCUT2D eigenvalue weighted by Gasteiger charge is -2.38. The fourth-order valence-electron chi connectivity index (χ4n) is 3.64. The number of hydrogen-bond acceptors (Lipinski definition) is 4. The van der Waals surface area contributed by atoms with E-state index < -0.39 is 0 Å². The van der Waals surface area contributed by atoms with Crippen LogP contribution in [0.15, 0.2) is 18.2 Å². The van der Waals surface area contributed by atoms with Crippen molar-refractivity contribution in [1.82, 2.24) is 4.90 Å². The van der Waals surface area contributed by atoms with Crippen molar-refractivity contribution in [2.75, 3.05) is 26.0 Å². The van der Waals surface area contributed by atoms with E-state index in [-0.39, 0.29) is 17.1 Å². The highest BCUT2D eigenvalue weighted by Crippen LogP contribution is 2.45. The molecular weight excluding hydrogens is 298 g/mol. The lowest BCUT2D eigenvalue weighted by atomic mass is 9.75. The summed E-state index contributed by atoms with van der Waals surface area (Å²) in [6.07, 6.45) is 2.75. The lowest BCUT2D eigenvalue weighted by molar-refractivity contribution is -0.132. The van der Waals surface area contributed by atoms with Gasteiger partial charge in [-0.05, 0) is 48.8 Å². The van der Waals surface area contributed by atoms with Crippen molar-refractivity contribution in [3.8, 4) is 5.75 Å². The Bertz CT molecular complexity index is 606. The van der Waals surface area contributed by atoms with Crippen LogP contribution in [0.4, 0.5) is 0 Å². The number of Topliss-reactive ketones (excluding diaryl/α,β-unsaturated/α-hetero) is 1. The van der Waals surface area contributed by atoms with Gasteiger partial charge in [-0.25, -0.2) is 0 Å². The molecule has 0 bridgehead atoms. The average Bonchev–Trinajstić information content (AvgIpc) is 2.80. The Morgan fingerprint density at radius 2 is 2.09 bits per heavy atom. The number of methoxy groups -OCH3 is 1. The third-order valence-electron chi connectivity index (χ3n) is 4.97. The van der Waals surface area contributed by atoms with Crippen LogP contribution in [0.2, 0.25) is 0 Å². The maximum absolute atomic E-state index is 12.8. The van der Waals surface area contributed by atoms with E-state index in [0.717, 1.165) is 36.1 Å². The number of carbonyl (C=O) groups excluding carboxylic acids is 2. The number of piperidine rings is 1. The van der Waals surface area contributed by atoms with Gasteiger partial charge in [0.1, 0.15) is 5.75 Å². The smallest absolute Gasteiger partial charge is 0.223 e. The molecule has 4 nitrogen and oxygen atoms in total. The van der Waals surface area contributed by atoms with E-state index in [1.165, 1.54) is 0 Å². The van der Waals surface area contributed by atoms with E-state index in [2.05, 4.69) is 12.6 Å². The third-order valence-corrected chi connectivity index (χ3v) is 5.19. The molecule has 118 valence electrons. The minimum atomic E-state index is -0.313. The van der Waals surface area contributed by atoms with Crippen LogP contribution in [-0.2, 0) is 11.2 Å². The van der Waals surface area contributed by atoms with Gasteiger partial charge in [0.15, 0.2) is 5.78 Å². The number of ether oxygens (including phenoxy) is 1. The van der Waals surface area contributed by atoms with E-state index in [0.29, 0.717) is 25.3 Å². The maximum atomic E-state index is 12.8. The number of fused-ring (bicyclic) bond motifs is 1. The van der Waals surface area contributed by atoms with Crippen LogP contribution < -0.4 is 4.74 Å². The Kier molecular flexibility index (Phi) is 4.17. The first-order valence-corrected chi connectivity index (χ1v) is 8.33. The lowest BCUT2D eigenvalue weighted by Crippen LogP contribution is -2.45. The van der Waals surface area contributed by atoms with Gasteiger partial charge in [-0.3, -0.25) is 9.59 Å². The fourth-order valence-corrected chi connectivity index (χ4v) is 3.83. The van der Waals surface area contributed by atoms with Crippen molar-refractivity contribution in [2.24, 2.45) is 5.41 Å². The molecule has 0 N–H and O–H groups in total. The zero-order valence-electron chi connectivity index (χ0n) is 12.8. The van der Waals surface area contributed by atoms with Crippen LogP contribution in [0.1, 0.15) is 35.2 Å². The molecule has 0 aromatic heterocycles. The number of amides is 1. The third kappa shape index (κ3) is 2.51. The summed E-state index contributed by atoms with van der Waals surface area (Å²) in [5.41, 5.74) is 1.60. The molecule has 1 heterocycles. The minimum Gasteiger partial charge on any atom is -0.497 e. The predicted molar refractivity (Wildman–Crippen MR) is 87.7 cm³/mol. The van der Waals surface area contributed by atoms with Gasteiger partial charge in [-0.1, -0.05) is 0 Å². The molecule has 3 rings (SSSR count). The van der Waals surface area contributed by atoms with Gasteiger partial charge in [0.25, 0.3) is 0 Å². The second-order valence-corrected chi connectivity index (χ2v) is 6.61. The highest BCUT2D eigenvalue weighted by atomic mass is 32.1. The van der Waals surface area contributed by atoms with Crippen molar-refractivity contribution in [1.29, 1.82) is 0 Å². The van der Waals surface area contributed by atoms with Crippen LogP contribution in [0.25, 0.3) is 0 Å². The zero-order chi connectivity index (χ0) is 15.7. The number of hydrogen-bond donors (Lipinski definition) is 1. The molecule has 0 atom stereocenters. The normalized spacial score (nSPS) is 19.4. The summed E-state index contributed by atoms with van der Waals surface area (Å²) in [4.78, 5) is 26.7. The van der Waals surface area contributed by atoms with E-state index in [1.54, 1.807) is 7.11 Å². The van der Waals surface area contributed by atoms with Gasteiger partial charge < -0.3 is 9.64 Å². The first kappa shape index (κ1) is 15.4. The molecule has 1 spiro atoms. The number of likely N-dealkylation sites (tertiary alicyclic amines) is 1. The Hall–Kier alpha value is -1.49. The SMILES string of the molecule is COc1ccc2c(c1)CC1(CCN(C(=O)CCS)CC1)C2=O. The highest BCUT2D eigenvalue weighted by molar-refractivity contribution is 7.80. The molecule has 1 fully saturated rings. The van der Waals surface area contributed by atoms with Crippen LogP contribution in [0.5, 0.6) is 5.75 Å². The van der Waals surface area contributed by atoms with Crippen molar-refractivity contribution >= 4 is 24.3 Å². The Morgan fingerprint density at radius 3 is 2.73 bits per heavy atom. The quantitative estimate of drug-likeness (QED) is 0.870. The molecule has 0 unspecified atom stereocenters. The number of rotatable bonds is 3. The fraction of sp³-hybridized carbons (Fsp3) is 0.529. The number of benzene rings is 1. The summed E-state index contributed by atoms with van der Waals surface area (Å²) in [6, 6.07) is 5.70. The number of carbonyl (C=O) groups is 2. The van der Waals surface area contributed by atoms with E-state index in [9.17, 15) is 9.59 Å². The van der Waals surface area contributed by atoms with Gasteiger partial charge in [0.2, 0.25) is 5.91 Å². The van der Waals surface area contributed by atoms with Crippen molar-refractivity contribution in [3.05, 3.63) is 29.3 Å². The summed E-state index contributed by atoms with van der Waals surface area (Å²) in [5, 5.41) is 0. The number of thiol groups is 1. The van der Waals surface area contributed by atoms with E-state index in [4.69, 9.17) is 4.74 Å². The molecule has 1 aliphatic carbocycles. The first-order chi connectivity index (χ1) is 10.6. The molecule has 5 heteroatoms. The highest BCUT2D eigenvalue weighted by Gasteiger charge is 2.47. The molecule has 1 saturated heterocycles. The summed E-state index contributed by atoms with van der Waals surface area (Å²) in [6.45, 7) is 1.34. The van der Waals surface area contributed by atoms with Crippen molar-refractivity contribution in [2.45, 2.75) is 25.7 Å². The van der Waals surface area contributed by atoms with Gasteiger partial charge in [-0.15, -0.1) is 0 Å². The monoisotopic (exact) mass is 319 g/mol. The zero-order valence-corrected chi connectivity index (χ0v) is 13.7. The average molecular weight is 319 g/mol. The molecule has 1 aliphatic heterocycles. The summed E-state index contributed by atoms with van der Waals surface area (Å²) in [5.74, 6) is 1.76. The minimum absolute atomic E-state index is 0.148. The van der Waals surface area contributed by atoms with Crippen LogP contribution in [0, 0.1) is 5.41 Å². The topological polar surface area (TPSA) is 46.6 Å². The molecule has 0 radical (unpaired) electrons. The number of ketones is 1. The molecule has 1 amide bonds. The van der Waals surface area contributed by atoms with E-state index >= 15 is 0 Å². The van der Waals surface area contributed by atoms with Gasteiger partial charge in [0.05, 0.1) is 7.11 Å². The molecule has 1 aromatic carbocycles. The van der Waals surface area contributed by atoms with Crippen molar-refractivity contribution in [3.63, 3.8) is 0 Å². The van der Waals surface area contributed by atoms with Crippen LogP contribution >= 0.6 is 12.6 Å². The molecule has 0 saturated carbocycles. The maximum Gasteiger partial charge on any atom is 0.223 e. The molecule has 2 aliphatic rings. The molecular formula is C17H21NO3S. The second kappa shape index (κ2) is 5.95. The predicted octanol–water partition coefficient (Wildman–Crippen LogP) is 2.36. The Morgan fingerprint density at radius 1 is 1.36 bits per heavy atom. The van der Waals surface area contributed by atoms with E-state index in [1.807, 2.05) is 23.1 Å². The van der Waals surface area contributed by atoms with Gasteiger partial charge >= 0.3 is 0 Å². The molecule has 1 aromatic rings. The van der Waals surface area contributed by atoms with Crippen LogP contribution in [0.3, 0.4) is 0 Å². The van der Waals surface area contributed by atoms with Crippen LogP contribution in [-0.4, -0.2) is 42.5 Å². The van der Waals surface area contributed by atoms with Crippen molar-refractivity contribution < 1.29 is 14.3 Å². The largest absolute Gasteiger partial charge is 0.497 e. The van der Waals surface area contributed by atoms with Gasteiger partial charge in [-0.2, -0.15) is 12.6 Å². The Balaban J connectivity index is 1.75. The van der Waals surface area contributed by atoms with Gasteiger partial charge in [0, 0.05) is 30.5 Å². The molecule has 22 heavy (non-hydrogen) atoms. The first-order valence-electron chi connectivity index (χ1n) is 7.70. The summed E-state index contributed by atoms with van der Waals surface area (Å²) < 4.78 is 5.25. The second-order valence-electron chi connectivity index (χ2n) is 6.16. The summed E-state index contributed by atoms with van der Waals surface area (Å²) >= 11 is 4.11. The summed E-state index contributed by atoms with van der Waals surface area (Å²) in [7, 11) is 1.64. The Labute approximate surface area is 136 Å². The number of nitrogens with zero attached hydrogens (tertiary/aromatic N) is 1.